The molecule has 0 aromatic heterocycles. The lowest BCUT2D eigenvalue weighted by Gasteiger charge is -2.39. The van der Waals surface area contributed by atoms with Gasteiger partial charge in [-0.2, -0.15) is 57.1 Å². The summed E-state index contributed by atoms with van der Waals surface area (Å²) in [4.78, 5) is 10.6. The van der Waals surface area contributed by atoms with Crippen LogP contribution in [0.3, 0.4) is 0 Å². The van der Waals surface area contributed by atoms with Crippen molar-refractivity contribution in [2.24, 2.45) is 0 Å². The van der Waals surface area contributed by atoms with Gasteiger partial charge in [0.05, 0.1) is 0 Å². The quantitative estimate of drug-likeness (QED) is 0.317. The minimum Gasteiger partial charge on any atom is -0.456 e. The maximum absolute atomic E-state index is 13.1. The zero-order valence-corrected chi connectivity index (χ0v) is 12.2. The predicted octanol–water partition coefficient (Wildman–Crippen LogP) is 5.02. The van der Waals surface area contributed by atoms with E-state index >= 15 is 0 Å². The second-order valence-corrected chi connectivity index (χ2v) is 4.65. The molecule has 0 saturated carbocycles. The summed E-state index contributed by atoms with van der Waals surface area (Å²) in [6, 6.07) is 0. The molecule has 0 heterocycles. The van der Waals surface area contributed by atoms with Crippen molar-refractivity contribution in [2.75, 3.05) is 6.61 Å². The second-order valence-electron chi connectivity index (χ2n) is 4.40. The summed E-state index contributed by atoms with van der Waals surface area (Å²) in [5.41, 5.74) is 0.269. The Labute approximate surface area is 139 Å². The molecule has 0 spiro atoms. The number of carbonyl (C=O) groups excluding carboxylic acids is 1. The number of ether oxygens (including phenoxy) is 1. The third-order valence-electron chi connectivity index (χ3n) is 2.59. The van der Waals surface area contributed by atoms with E-state index in [1.165, 1.54) is 0 Å². The normalized spacial score (nSPS) is 15.5. The van der Waals surface area contributed by atoms with Crippen molar-refractivity contribution < 1.29 is 66.6 Å². The van der Waals surface area contributed by atoms with E-state index in [1.54, 1.807) is 0 Å². The van der Waals surface area contributed by atoms with E-state index < -0.39 is 48.4 Å². The number of esters is 1. The Morgan fingerprint density at radius 2 is 1.12 bits per heavy atom. The van der Waals surface area contributed by atoms with Crippen LogP contribution in [0.15, 0.2) is 11.6 Å². The van der Waals surface area contributed by atoms with E-state index in [2.05, 4.69) is 4.74 Å². The Hall–Kier alpha value is -1.41. The van der Waals surface area contributed by atoms with Gasteiger partial charge < -0.3 is 4.74 Å². The van der Waals surface area contributed by atoms with Crippen molar-refractivity contribution in [1.82, 2.24) is 0 Å². The zero-order valence-electron chi connectivity index (χ0n) is 11.5. The summed E-state index contributed by atoms with van der Waals surface area (Å²) in [6.45, 7) is -3.07. The lowest BCUT2D eigenvalue weighted by atomic mass is 9.94. The van der Waals surface area contributed by atoms with Crippen LogP contribution >= 0.6 is 11.6 Å². The largest absolute Gasteiger partial charge is 0.460 e. The van der Waals surface area contributed by atoms with Gasteiger partial charge in [-0.3, -0.25) is 0 Å². The van der Waals surface area contributed by atoms with Gasteiger partial charge in [0.2, 0.25) is 0 Å². The van der Waals surface area contributed by atoms with Crippen molar-refractivity contribution in [3.63, 3.8) is 0 Å². The molecule has 0 aliphatic heterocycles. The van der Waals surface area contributed by atoms with Crippen LogP contribution < -0.4 is 0 Å². The molecule has 0 aromatic carbocycles. The van der Waals surface area contributed by atoms with Gasteiger partial charge in [0.25, 0.3) is 0 Å². The van der Waals surface area contributed by atoms with Crippen LogP contribution in [0.5, 0.6) is 0 Å². The standard InChI is InChI=1S/C10H4ClF13O2/c11-2-1-4(25)26-3-5(12,13)6(14,15)7(16,17)8(18,19)9(20,21)10(22,23)24/h1-2H,3H2/b2-1-. The summed E-state index contributed by atoms with van der Waals surface area (Å²) in [6.07, 6.45) is -7.41. The molecular formula is C10H4ClF13O2. The molecule has 154 valence electrons. The van der Waals surface area contributed by atoms with E-state index in [0.29, 0.717) is 0 Å². The molecular weight excluding hydrogens is 435 g/mol. The number of hydrogen-bond acceptors (Lipinski definition) is 2. The molecule has 0 unspecified atom stereocenters. The van der Waals surface area contributed by atoms with Crippen LogP contribution in [0.1, 0.15) is 0 Å². The predicted molar refractivity (Wildman–Crippen MR) is 56.7 cm³/mol. The molecule has 0 aliphatic carbocycles. The highest BCUT2D eigenvalue weighted by atomic mass is 35.5. The molecule has 0 rings (SSSR count). The van der Waals surface area contributed by atoms with Gasteiger partial charge in [-0.25, -0.2) is 4.79 Å². The van der Waals surface area contributed by atoms with Crippen LogP contribution in [-0.2, 0) is 9.53 Å². The van der Waals surface area contributed by atoms with Gasteiger partial charge in [0.1, 0.15) is 0 Å². The molecule has 0 aliphatic rings. The topological polar surface area (TPSA) is 26.3 Å². The Kier molecular flexibility index (Phi) is 6.58. The SMILES string of the molecule is O=C(/C=C\Cl)OCC(F)(F)C(F)(F)C(F)(F)C(F)(F)C(F)(F)C(F)(F)F. The first-order valence-corrected chi connectivity index (χ1v) is 6.03. The highest BCUT2D eigenvalue weighted by Gasteiger charge is 2.90. The average Bonchev–Trinajstić information content (AvgIpc) is 2.43. The molecule has 0 aromatic rings. The van der Waals surface area contributed by atoms with Crippen molar-refractivity contribution in [2.45, 2.75) is 35.8 Å². The first-order valence-electron chi connectivity index (χ1n) is 5.60. The van der Waals surface area contributed by atoms with Crippen LogP contribution in [0.25, 0.3) is 0 Å². The van der Waals surface area contributed by atoms with E-state index in [4.69, 9.17) is 11.6 Å². The van der Waals surface area contributed by atoms with Crippen molar-refractivity contribution >= 4 is 17.6 Å². The zero-order chi connectivity index (χ0) is 21.4. The van der Waals surface area contributed by atoms with Gasteiger partial charge >= 0.3 is 41.8 Å². The maximum atomic E-state index is 13.1. The smallest absolute Gasteiger partial charge is 0.456 e. The van der Waals surface area contributed by atoms with E-state index in [0.717, 1.165) is 0 Å². The van der Waals surface area contributed by atoms with Crippen LogP contribution in [-0.4, -0.2) is 48.4 Å². The van der Waals surface area contributed by atoms with E-state index in [-0.39, 0.29) is 11.6 Å². The van der Waals surface area contributed by atoms with Crippen molar-refractivity contribution in [1.29, 1.82) is 0 Å². The third-order valence-corrected chi connectivity index (χ3v) is 2.72. The first kappa shape index (κ1) is 24.6. The number of hydrogen-bond donors (Lipinski definition) is 0. The third kappa shape index (κ3) is 3.81. The number of carbonyl (C=O) groups is 1. The summed E-state index contributed by atoms with van der Waals surface area (Å²) < 4.78 is 168. The van der Waals surface area contributed by atoms with Gasteiger partial charge in [0.15, 0.2) is 6.61 Å². The van der Waals surface area contributed by atoms with Gasteiger partial charge in [-0.05, 0) is 0 Å². The maximum Gasteiger partial charge on any atom is 0.460 e. The van der Waals surface area contributed by atoms with Crippen LogP contribution in [0.2, 0.25) is 0 Å². The van der Waals surface area contributed by atoms with Gasteiger partial charge in [-0.1, -0.05) is 11.6 Å². The summed E-state index contributed by atoms with van der Waals surface area (Å²) in [5.74, 6) is -39.7. The molecule has 2 nitrogen and oxygen atoms in total. The number of alkyl halides is 13. The Bertz CT molecular complexity index is 552. The second kappa shape index (κ2) is 6.96. The van der Waals surface area contributed by atoms with Crippen molar-refractivity contribution in [3.05, 3.63) is 11.6 Å². The molecule has 0 fully saturated rings. The molecule has 0 saturated heterocycles. The molecule has 26 heavy (non-hydrogen) atoms. The molecule has 0 bridgehead atoms. The summed E-state index contributed by atoms with van der Waals surface area (Å²) in [7, 11) is 0. The van der Waals surface area contributed by atoms with E-state index in [9.17, 15) is 61.9 Å². The number of rotatable bonds is 7. The molecule has 0 radical (unpaired) electrons. The monoisotopic (exact) mass is 438 g/mol. The highest BCUT2D eigenvalue weighted by molar-refractivity contribution is 6.26. The fourth-order valence-electron chi connectivity index (χ4n) is 1.15. The summed E-state index contributed by atoms with van der Waals surface area (Å²) in [5, 5.41) is 0. The minimum absolute atomic E-state index is 0.0698. The van der Waals surface area contributed by atoms with Crippen molar-refractivity contribution in [3.8, 4) is 0 Å². The molecule has 16 heteroatoms. The minimum atomic E-state index is -7.99. The summed E-state index contributed by atoms with van der Waals surface area (Å²) >= 11 is 4.74. The van der Waals surface area contributed by atoms with Gasteiger partial charge in [0, 0.05) is 11.6 Å². The number of halogens is 14. The molecule has 0 atom stereocenters. The molecule has 0 amide bonds. The lowest BCUT2D eigenvalue weighted by molar-refractivity contribution is -0.441. The first-order chi connectivity index (χ1) is 11.2. The lowest BCUT2D eigenvalue weighted by Crippen LogP contribution is -2.70. The Morgan fingerprint density at radius 3 is 1.46 bits per heavy atom. The van der Waals surface area contributed by atoms with E-state index in [1.807, 2.05) is 0 Å². The van der Waals surface area contributed by atoms with Crippen LogP contribution in [0.4, 0.5) is 57.1 Å². The fraction of sp³-hybridized carbons (Fsp3) is 0.700. The van der Waals surface area contributed by atoms with Gasteiger partial charge in [-0.15, -0.1) is 0 Å². The Balaban J connectivity index is 5.96. The van der Waals surface area contributed by atoms with Crippen LogP contribution in [0, 0.1) is 0 Å². The fourth-order valence-corrected chi connectivity index (χ4v) is 1.26. The Morgan fingerprint density at radius 1 is 0.731 bits per heavy atom. The molecule has 0 N–H and O–H groups in total. The highest BCUT2D eigenvalue weighted by Crippen LogP contribution is 2.60. The average molecular weight is 439 g/mol.